The van der Waals surface area contributed by atoms with E-state index in [1.54, 1.807) is 24.1 Å². The molecule has 8 heteroatoms. The van der Waals surface area contributed by atoms with Crippen molar-refractivity contribution in [2.45, 2.75) is 59.9 Å². The number of amides is 2. The maximum atomic E-state index is 13.3. The zero-order valence-corrected chi connectivity index (χ0v) is 21.3. The third kappa shape index (κ3) is 4.40. The molecule has 2 amide bonds. The van der Waals surface area contributed by atoms with Gasteiger partial charge in [0.2, 0.25) is 0 Å². The smallest absolute Gasteiger partial charge is 0.264 e. The molecule has 0 atom stereocenters. The number of fused-ring (bicyclic) bond motifs is 1. The summed E-state index contributed by atoms with van der Waals surface area (Å²) in [5, 5.41) is 7.61. The summed E-state index contributed by atoms with van der Waals surface area (Å²) in [4.78, 5) is 32.4. The van der Waals surface area contributed by atoms with Gasteiger partial charge in [0.25, 0.3) is 11.8 Å². The number of anilines is 1. The number of hydrogen-bond acceptors (Lipinski definition) is 7. The summed E-state index contributed by atoms with van der Waals surface area (Å²) in [6, 6.07) is 5.58. The van der Waals surface area contributed by atoms with Gasteiger partial charge >= 0.3 is 0 Å². The standard InChI is InChI=1S/C27H35N5O3/c1-18-7-6-11-27(3,4)21(18)10-12-30-13-15-31(16-14-30)23-9-5-8-20-24(23)26(34)32(25(20)33)17-22-19(2)28-35-29-22/h5,8-9H,6-7,10-17H2,1-4H3. The van der Waals surface area contributed by atoms with Crippen molar-refractivity contribution in [3.05, 3.63) is 51.9 Å². The van der Waals surface area contributed by atoms with Gasteiger partial charge < -0.3 is 4.90 Å². The number of aryl methyl sites for hydroxylation is 1. The lowest BCUT2D eigenvalue weighted by molar-refractivity contribution is 0.0639. The summed E-state index contributed by atoms with van der Waals surface area (Å²) in [5.74, 6) is -0.556. The Morgan fingerprint density at radius 3 is 2.49 bits per heavy atom. The van der Waals surface area contributed by atoms with Crippen LogP contribution in [-0.2, 0) is 6.54 Å². The van der Waals surface area contributed by atoms with Crippen molar-refractivity contribution >= 4 is 17.5 Å². The fourth-order valence-corrected chi connectivity index (χ4v) is 5.97. The number of benzene rings is 1. The summed E-state index contributed by atoms with van der Waals surface area (Å²) in [7, 11) is 0. The molecule has 0 bridgehead atoms. The number of hydrogen-bond donors (Lipinski definition) is 0. The van der Waals surface area contributed by atoms with Crippen molar-refractivity contribution < 1.29 is 14.2 Å². The first-order valence-electron chi connectivity index (χ1n) is 12.7. The number of rotatable bonds is 6. The molecule has 1 saturated heterocycles. The Morgan fingerprint density at radius 1 is 1.03 bits per heavy atom. The third-order valence-corrected chi connectivity index (χ3v) is 8.11. The summed E-state index contributed by atoms with van der Waals surface area (Å²) >= 11 is 0. The molecule has 1 aliphatic carbocycles. The molecule has 0 radical (unpaired) electrons. The van der Waals surface area contributed by atoms with Crippen molar-refractivity contribution in [2.24, 2.45) is 5.41 Å². The monoisotopic (exact) mass is 477 g/mol. The molecule has 2 aromatic rings. The molecule has 186 valence electrons. The van der Waals surface area contributed by atoms with Crippen LogP contribution in [0.25, 0.3) is 0 Å². The van der Waals surface area contributed by atoms with Gasteiger partial charge in [-0.2, -0.15) is 0 Å². The normalized spacial score (nSPS) is 20.7. The number of carbonyl (C=O) groups excluding carboxylic acids is 2. The highest BCUT2D eigenvalue weighted by Gasteiger charge is 2.39. The average Bonchev–Trinajstić information content (AvgIpc) is 3.35. The minimum Gasteiger partial charge on any atom is -0.368 e. The zero-order valence-electron chi connectivity index (χ0n) is 21.3. The molecule has 35 heavy (non-hydrogen) atoms. The Bertz CT molecular complexity index is 1170. The Labute approximate surface area is 206 Å². The van der Waals surface area contributed by atoms with Crippen molar-refractivity contribution in [1.29, 1.82) is 0 Å². The van der Waals surface area contributed by atoms with Crippen LogP contribution < -0.4 is 4.90 Å². The SMILES string of the molecule is CC1=C(CCN2CCN(c3cccc4c3C(=O)N(Cc3nonc3C)C4=O)CC2)C(C)(C)CCC1. The first-order valence-corrected chi connectivity index (χ1v) is 12.7. The average molecular weight is 478 g/mol. The summed E-state index contributed by atoms with van der Waals surface area (Å²) < 4.78 is 4.74. The second-order valence-electron chi connectivity index (χ2n) is 10.8. The molecule has 2 aliphatic heterocycles. The highest BCUT2D eigenvalue weighted by atomic mass is 16.6. The molecule has 1 fully saturated rings. The van der Waals surface area contributed by atoms with Crippen LogP contribution in [0.4, 0.5) is 5.69 Å². The Hall–Kier alpha value is -3.00. The molecule has 0 spiro atoms. The van der Waals surface area contributed by atoms with Crippen LogP contribution in [-0.4, -0.2) is 64.7 Å². The van der Waals surface area contributed by atoms with Gasteiger partial charge in [0.1, 0.15) is 11.4 Å². The molecule has 5 rings (SSSR count). The van der Waals surface area contributed by atoms with Gasteiger partial charge in [-0.1, -0.05) is 41.4 Å². The first-order chi connectivity index (χ1) is 16.8. The Balaban J connectivity index is 1.25. The van der Waals surface area contributed by atoms with E-state index >= 15 is 0 Å². The van der Waals surface area contributed by atoms with Crippen LogP contribution in [0.3, 0.4) is 0 Å². The second-order valence-corrected chi connectivity index (χ2v) is 10.8. The number of nitrogens with zero attached hydrogens (tertiary/aromatic N) is 5. The van der Waals surface area contributed by atoms with Gasteiger partial charge in [-0.3, -0.25) is 19.4 Å². The maximum absolute atomic E-state index is 13.3. The van der Waals surface area contributed by atoms with Crippen molar-refractivity contribution in [2.75, 3.05) is 37.6 Å². The van der Waals surface area contributed by atoms with Crippen LogP contribution in [0.15, 0.2) is 34.0 Å². The highest BCUT2D eigenvalue weighted by molar-refractivity contribution is 6.23. The quantitative estimate of drug-likeness (QED) is 0.455. The fourth-order valence-electron chi connectivity index (χ4n) is 5.97. The van der Waals surface area contributed by atoms with Crippen LogP contribution >= 0.6 is 0 Å². The number of piperazine rings is 1. The fraction of sp³-hybridized carbons (Fsp3) is 0.556. The van der Waals surface area contributed by atoms with E-state index < -0.39 is 0 Å². The third-order valence-electron chi connectivity index (χ3n) is 8.11. The van der Waals surface area contributed by atoms with E-state index in [0.717, 1.165) is 44.8 Å². The number of imide groups is 1. The van der Waals surface area contributed by atoms with Crippen LogP contribution in [0.1, 0.15) is 78.6 Å². The largest absolute Gasteiger partial charge is 0.368 e. The maximum Gasteiger partial charge on any atom is 0.264 e. The summed E-state index contributed by atoms with van der Waals surface area (Å²) in [5.41, 5.74) is 6.45. The van der Waals surface area contributed by atoms with E-state index in [1.807, 2.05) is 12.1 Å². The van der Waals surface area contributed by atoms with E-state index in [-0.39, 0.29) is 18.4 Å². The molecule has 1 aromatic heterocycles. The molecule has 8 nitrogen and oxygen atoms in total. The number of aromatic nitrogens is 2. The Morgan fingerprint density at radius 2 is 1.80 bits per heavy atom. The van der Waals surface area contributed by atoms with E-state index in [1.165, 1.54) is 24.2 Å². The predicted octanol–water partition coefficient (Wildman–Crippen LogP) is 4.21. The number of allylic oxidation sites excluding steroid dienone is 1. The summed E-state index contributed by atoms with van der Waals surface area (Å²) in [6.07, 6.45) is 4.96. The molecule has 1 aromatic carbocycles. The molecule has 0 N–H and O–H groups in total. The molecule has 0 saturated carbocycles. The van der Waals surface area contributed by atoms with Crippen LogP contribution in [0.2, 0.25) is 0 Å². The lowest BCUT2D eigenvalue weighted by atomic mass is 9.71. The summed E-state index contributed by atoms with van der Waals surface area (Å²) in [6.45, 7) is 13.6. The number of carbonyl (C=O) groups is 2. The van der Waals surface area contributed by atoms with Gasteiger partial charge in [-0.25, -0.2) is 4.63 Å². The lowest BCUT2D eigenvalue weighted by Gasteiger charge is -2.39. The van der Waals surface area contributed by atoms with Gasteiger partial charge in [-0.05, 0) is 57.1 Å². The van der Waals surface area contributed by atoms with Crippen LogP contribution in [0, 0.1) is 12.3 Å². The lowest BCUT2D eigenvalue weighted by Crippen LogP contribution is -2.47. The van der Waals surface area contributed by atoms with Gasteiger partial charge in [0.15, 0.2) is 0 Å². The van der Waals surface area contributed by atoms with E-state index in [9.17, 15) is 9.59 Å². The van der Waals surface area contributed by atoms with E-state index in [4.69, 9.17) is 4.63 Å². The molecular weight excluding hydrogens is 442 g/mol. The molecule has 3 heterocycles. The van der Waals surface area contributed by atoms with Crippen molar-refractivity contribution in [3.8, 4) is 0 Å². The van der Waals surface area contributed by atoms with Crippen molar-refractivity contribution in [1.82, 2.24) is 20.1 Å². The predicted molar refractivity (Wildman–Crippen MR) is 133 cm³/mol. The van der Waals surface area contributed by atoms with Gasteiger partial charge in [-0.15, -0.1) is 0 Å². The van der Waals surface area contributed by atoms with E-state index in [2.05, 4.69) is 40.9 Å². The molecule has 3 aliphatic rings. The topological polar surface area (TPSA) is 82.8 Å². The highest BCUT2D eigenvalue weighted by Crippen LogP contribution is 2.42. The van der Waals surface area contributed by atoms with Gasteiger partial charge in [0, 0.05) is 32.7 Å². The molecule has 0 unspecified atom stereocenters. The first kappa shape index (κ1) is 23.7. The molecular formula is C27H35N5O3. The minimum absolute atomic E-state index is 0.0700. The second kappa shape index (κ2) is 9.22. The minimum atomic E-state index is -0.286. The van der Waals surface area contributed by atoms with Crippen LogP contribution in [0.5, 0.6) is 0 Å². The van der Waals surface area contributed by atoms with E-state index in [0.29, 0.717) is 27.9 Å². The Kier molecular flexibility index (Phi) is 6.25. The zero-order chi connectivity index (χ0) is 24.7. The van der Waals surface area contributed by atoms with Crippen molar-refractivity contribution in [3.63, 3.8) is 0 Å². The van der Waals surface area contributed by atoms with Gasteiger partial charge in [0.05, 0.1) is 23.4 Å².